The van der Waals surface area contributed by atoms with Gasteiger partial charge in [0.1, 0.15) is 0 Å². The van der Waals surface area contributed by atoms with Gasteiger partial charge in [0, 0.05) is 37.0 Å². The van der Waals surface area contributed by atoms with E-state index in [1.807, 2.05) is 42.5 Å². The standard InChI is InChI=1S/C24H26N2O5/c27-23(25-19-6-8-20(9-7-19)26-12-1-2-13-26)17-31-24(28)11-5-18-4-10-21-22(16-18)30-15-3-14-29-21/h4-11,16H,1-3,12-15,17H2,(H,25,27)/b11-5+. The van der Waals surface area contributed by atoms with Gasteiger partial charge in [-0.05, 0) is 60.9 Å². The lowest BCUT2D eigenvalue weighted by atomic mass is 10.2. The van der Waals surface area contributed by atoms with E-state index in [1.54, 1.807) is 6.08 Å². The summed E-state index contributed by atoms with van der Waals surface area (Å²) in [6, 6.07) is 13.2. The highest BCUT2D eigenvalue weighted by atomic mass is 16.5. The monoisotopic (exact) mass is 422 g/mol. The highest BCUT2D eigenvalue weighted by molar-refractivity contribution is 5.94. The summed E-state index contributed by atoms with van der Waals surface area (Å²) >= 11 is 0. The maximum absolute atomic E-state index is 12.1. The van der Waals surface area contributed by atoms with E-state index in [4.69, 9.17) is 14.2 Å². The summed E-state index contributed by atoms with van der Waals surface area (Å²) in [5.74, 6) is 0.378. The first-order valence-corrected chi connectivity index (χ1v) is 10.6. The molecular formula is C24H26N2O5. The van der Waals surface area contributed by atoms with Crippen molar-refractivity contribution in [3.8, 4) is 11.5 Å². The van der Waals surface area contributed by atoms with E-state index < -0.39 is 5.97 Å². The molecule has 2 heterocycles. The number of fused-ring (bicyclic) bond motifs is 1. The van der Waals surface area contributed by atoms with Crippen LogP contribution in [0.3, 0.4) is 0 Å². The Balaban J connectivity index is 1.24. The van der Waals surface area contributed by atoms with Crippen molar-refractivity contribution in [2.45, 2.75) is 19.3 Å². The third-order valence-corrected chi connectivity index (χ3v) is 5.15. The number of nitrogens with one attached hydrogen (secondary N) is 1. The van der Waals surface area contributed by atoms with Gasteiger partial charge in [0.2, 0.25) is 0 Å². The van der Waals surface area contributed by atoms with Crippen molar-refractivity contribution in [1.82, 2.24) is 0 Å². The summed E-state index contributed by atoms with van der Waals surface area (Å²) in [5.41, 5.74) is 2.61. The average Bonchev–Trinajstić information content (AvgIpc) is 3.22. The molecule has 0 bridgehead atoms. The summed E-state index contributed by atoms with van der Waals surface area (Å²) in [4.78, 5) is 26.4. The van der Waals surface area contributed by atoms with Crippen molar-refractivity contribution in [3.05, 3.63) is 54.1 Å². The van der Waals surface area contributed by atoms with Crippen molar-refractivity contribution in [2.75, 3.05) is 43.1 Å². The Hall–Kier alpha value is -3.48. The van der Waals surface area contributed by atoms with Crippen LogP contribution in [0.25, 0.3) is 6.08 Å². The van der Waals surface area contributed by atoms with Crippen LogP contribution in [0.2, 0.25) is 0 Å². The Morgan fingerprint density at radius 2 is 1.71 bits per heavy atom. The van der Waals surface area contributed by atoms with Crippen molar-refractivity contribution in [1.29, 1.82) is 0 Å². The summed E-state index contributed by atoms with van der Waals surface area (Å²) in [6.45, 7) is 3.01. The molecule has 0 radical (unpaired) electrons. The zero-order chi connectivity index (χ0) is 21.5. The van der Waals surface area contributed by atoms with Crippen LogP contribution in [0.5, 0.6) is 11.5 Å². The molecule has 0 aliphatic carbocycles. The quantitative estimate of drug-likeness (QED) is 0.566. The van der Waals surface area contributed by atoms with Crippen LogP contribution in [0, 0.1) is 0 Å². The molecule has 7 heteroatoms. The van der Waals surface area contributed by atoms with Crippen LogP contribution in [-0.2, 0) is 14.3 Å². The minimum absolute atomic E-state index is 0.349. The molecule has 162 valence electrons. The van der Waals surface area contributed by atoms with E-state index in [0.717, 1.165) is 30.8 Å². The van der Waals surface area contributed by atoms with Gasteiger partial charge in [-0.1, -0.05) is 6.07 Å². The van der Waals surface area contributed by atoms with Gasteiger partial charge in [-0.2, -0.15) is 0 Å². The molecule has 1 N–H and O–H groups in total. The molecule has 1 fully saturated rings. The maximum atomic E-state index is 12.1. The maximum Gasteiger partial charge on any atom is 0.331 e. The zero-order valence-corrected chi connectivity index (χ0v) is 17.3. The first-order chi connectivity index (χ1) is 15.2. The van der Waals surface area contributed by atoms with Gasteiger partial charge < -0.3 is 24.4 Å². The lowest BCUT2D eigenvalue weighted by Crippen LogP contribution is -2.20. The third kappa shape index (κ3) is 5.78. The molecule has 0 atom stereocenters. The number of carbonyl (C=O) groups excluding carboxylic acids is 2. The van der Waals surface area contributed by atoms with Crippen LogP contribution >= 0.6 is 0 Å². The molecule has 2 aromatic rings. The highest BCUT2D eigenvalue weighted by Crippen LogP contribution is 2.30. The van der Waals surface area contributed by atoms with E-state index in [1.165, 1.54) is 18.9 Å². The molecule has 2 aliphatic heterocycles. The van der Waals surface area contributed by atoms with Crippen molar-refractivity contribution in [3.63, 3.8) is 0 Å². The third-order valence-electron chi connectivity index (χ3n) is 5.15. The van der Waals surface area contributed by atoms with Crippen molar-refractivity contribution < 1.29 is 23.8 Å². The normalized spacial score (nSPS) is 15.5. The van der Waals surface area contributed by atoms with Crippen molar-refractivity contribution in [2.24, 2.45) is 0 Å². The summed E-state index contributed by atoms with van der Waals surface area (Å²) in [5, 5.41) is 2.74. The first-order valence-electron chi connectivity index (χ1n) is 10.6. The Morgan fingerprint density at radius 3 is 2.48 bits per heavy atom. The van der Waals surface area contributed by atoms with Crippen LogP contribution in [0.1, 0.15) is 24.8 Å². The van der Waals surface area contributed by atoms with Crippen LogP contribution in [0.4, 0.5) is 11.4 Å². The van der Waals surface area contributed by atoms with Crippen LogP contribution in [-0.4, -0.2) is 44.8 Å². The molecule has 4 rings (SSSR count). The van der Waals surface area contributed by atoms with E-state index in [2.05, 4.69) is 10.2 Å². The van der Waals surface area contributed by atoms with Crippen LogP contribution < -0.4 is 19.7 Å². The van der Waals surface area contributed by atoms with Crippen molar-refractivity contribution >= 4 is 29.3 Å². The molecule has 0 aromatic heterocycles. The minimum Gasteiger partial charge on any atom is -0.490 e. The van der Waals surface area contributed by atoms with E-state index in [9.17, 15) is 9.59 Å². The summed E-state index contributed by atoms with van der Waals surface area (Å²) < 4.78 is 16.3. The van der Waals surface area contributed by atoms with E-state index in [-0.39, 0.29) is 12.5 Å². The number of hydrogen-bond donors (Lipinski definition) is 1. The SMILES string of the molecule is O=C(COC(=O)/C=C/c1ccc2c(c1)OCCCO2)Nc1ccc(N2CCCC2)cc1. The number of nitrogens with zero attached hydrogens (tertiary/aromatic N) is 1. The Kier molecular flexibility index (Phi) is 6.72. The van der Waals surface area contributed by atoms with Gasteiger partial charge >= 0.3 is 5.97 Å². The predicted octanol–water partition coefficient (Wildman–Crippen LogP) is 3.64. The number of ether oxygens (including phenoxy) is 3. The molecular weight excluding hydrogens is 396 g/mol. The smallest absolute Gasteiger partial charge is 0.331 e. The molecule has 0 unspecified atom stereocenters. The largest absolute Gasteiger partial charge is 0.490 e. The highest BCUT2D eigenvalue weighted by Gasteiger charge is 2.13. The minimum atomic E-state index is -0.591. The second-order valence-corrected chi connectivity index (χ2v) is 7.49. The molecule has 0 spiro atoms. The predicted molar refractivity (Wildman–Crippen MR) is 119 cm³/mol. The lowest BCUT2D eigenvalue weighted by Gasteiger charge is -2.17. The van der Waals surface area contributed by atoms with E-state index >= 15 is 0 Å². The number of carbonyl (C=O) groups is 2. The van der Waals surface area contributed by atoms with Gasteiger partial charge in [0.05, 0.1) is 13.2 Å². The van der Waals surface area contributed by atoms with Gasteiger partial charge in [0.25, 0.3) is 5.91 Å². The molecule has 7 nitrogen and oxygen atoms in total. The van der Waals surface area contributed by atoms with Gasteiger partial charge in [-0.15, -0.1) is 0 Å². The number of rotatable bonds is 6. The second-order valence-electron chi connectivity index (χ2n) is 7.49. The Morgan fingerprint density at radius 1 is 0.968 bits per heavy atom. The van der Waals surface area contributed by atoms with Gasteiger partial charge in [-0.25, -0.2) is 4.79 Å². The molecule has 1 amide bonds. The average molecular weight is 422 g/mol. The number of hydrogen-bond acceptors (Lipinski definition) is 6. The Labute approximate surface area is 181 Å². The first kappa shape index (κ1) is 20.8. The molecule has 31 heavy (non-hydrogen) atoms. The molecule has 0 saturated carbocycles. The topological polar surface area (TPSA) is 77.1 Å². The van der Waals surface area contributed by atoms with Gasteiger partial charge in [-0.3, -0.25) is 4.79 Å². The number of benzene rings is 2. The second kappa shape index (κ2) is 10.0. The number of amides is 1. The summed E-state index contributed by atoms with van der Waals surface area (Å²) in [7, 11) is 0. The molecule has 2 aromatic carbocycles. The van der Waals surface area contributed by atoms with E-state index in [0.29, 0.717) is 30.4 Å². The fourth-order valence-corrected chi connectivity index (χ4v) is 3.56. The molecule has 2 aliphatic rings. The number of anilines is 2. The lowest BCUT2D eigenvalue weighted by molar-refractivity contribution is -0.142. The fraction of sp³-hybridized carbons (Fsp3) is 0.333. The van der Waals surface area contributed by atoms with Crippen LogP contribution in [0.15, 0.2) is 48.5 Å². The summed E-state index contributed by atoms with van der Waals surface area (Å²) in [6.07, 6.45) is 6.17. The van der Waals surface area contributed by atoms with Gasteiger partial charge in [0.15, 0.2) is 18.1 Å². The Bertz CT molecular complexity index is 949. The zero-order valence-electron chi connectivity index (χ0n) is 17.3. The molecule has 1 saturated heterocycles. The fourth-order valence-electron chi connectivity index (χ4n) is 3.56. The number of esters is 1.